The van der Waals surface area contributed by atoms with Crippen molar-refractivity contribution in [2.75, 3.05) is 46.6 Å². The smallest absolute Gasteiger partial charge is 0.249 e. The number of methoxy groups -OCH3 is 1. The van der Waals surface area contributed by atoms with E-state index >= 15 is 0 Å². The summed E-state index contributed by atoms with van der Waals surface area (Å²) < 4.78 is 10.1. The van der Waals surface area contributed by atoms with Crippen LogP contribution in [0.1, 0.15) is 12.8 Å². The molecule has 6 heteroatoms. The van der Waals surface area contributed by atoms with E-state index in [4.69, 9.17) is 9.47 Å². The first kappa shape index (κ1) is 13.3. The molecule has 0 aliphatic carbocycles. The maximum atomic E-state index is 12.4. The molecule has 0 radical (unpaired) electrons. The lowest BCUT2D eigenvalue weighted by molar-refractivity contribution is -0.148. The van der Waals surface area contributed by atoms with Crippen LogP contribution in [0.3, 0.4) is 0 Å². The van der Waals surface area contributed by atoms with Crippen LogP contribution in [0.2, 0.25) is 0 Å². The van der Waals surface area contributed by atoms with Crippen LogP contribution in [0.15, 0.2) is 0 Å². The zero-order chi connectivity index (χ0) is 13.0. The summed E-state index contributed by atoms with van der Waals surface area (Å²) in [5, 5.41) is 0. The van der Waals surface area contributed by atoms with Crippen molar-refractivity contribution in [1.82, 2.24) is 9.80 Å². The summed E-state index contributed by atoms with van der Waals surface area (Å²) in [6.45, 7) is 3.13. The number of ether oxygens (including phenoxy) is 2. The van der Waals surface area contributed by atoms with Crippen molar-refractivity contribution in [3.05, 3.63) is 0 Å². The molecule has 0 aromatic carbocycles. The molecule has 0 aromatic rings. The Hall–Kier alpha value is -1.14. The van der Waals surface area contributed by atoms with E-state index in [1.807, 2.05) is 0 Å². The van der Waals surface area contributed by atoms with Crippen LogP contribution < -0.4 is 0 Å². The summed E-state index contributed by atoms with van der Waals surface area (Å²) in [5.74, 6) is -0.0399. The fourth-order valence-electron chi connectivity index (χ4n) is 2.52. The molecule has 2 aliphatic heterocycles. The molecule has 2 rings (SSSR count). The second-order valence-corrected chi connectivity index (χ2v) is 4.62. The van der Waals surface area contributed by atoms with Crippen molar-refractivity contribution in [2.24, 2.45) is 0 Å². The third kappa shape index (κ3) is 2.81. The van der Waals surface area contributed by atoms with Gasteiger partial charge in [-0.05, 0) is 12.8 Å². The molecular formula is C12H20N2O4. The zero-order valence-corrected chi connectivity index (χ0v) is 10.8. The van der Waals surface area contributed by atoms with Gasteiger partial charge in [-0.15, -0.1) is 0 Å². The largest absolute Gasteiger partial charge is 0.378 e. The molecule has 2 heterocycles. The first-order valence-electron chi connectivity index (χ1n) is 6.39. The van der Waals surface area contributed by atoms with Crippen LogP contribution in [0.25, 0.3) is 0 Å². The van der Waals surface area contributed by atoms with Crippen LogP contribution >= 0.6 is 0 Å². The predicted molar refractivity (Wildman–Crippen MR) is 64.0 cm³/mol. The van der Waals surface area contributed by atoms with Gasteiger partial charge in [-0.3, -0.25) is 9.59 Å². The molecule has 2 saturated heterocycles. The number of amides is 2. The molecule has 1 unspecified atom stereocenters. The minimum absolute atomic E-state index is 0.0485. The summed E-state index contributed by atoms with van der Waals surface area (Å²) in [6, 6.07) is -0.300. The average Bonchev–Trinajstić information content (AvgIpc) is 2.88. The van der Waals surface area contributed by atoms with E-state index in [2.05, 4.69) is 0 Å². The highest BCUT2D eigenvalue weighted by molar-refractivity contribution is 5.88. The lowest BCUT2D eigenvalue weighted by Crippen LogP contribution is -2.51. The number of carbonyl (C=O) groups is 2. The lowest BCUT2D eigenvalue weighted by Gasteiger charge is -2.32. The van der Waals surface area contributed by atoms with Crippen molar-refractivity contribution >= 4 is 11.8 Å². The fraction of sp³-hybridized carbons (Fsp3) is 0.833. The minimum atomic E-state index is -0.300. The number of morpholine rings is 1. The summed E-state index contributed by atoms with van der Waals surface area (Å²) in [7, 11) is 1.49. The molecule has 2 aliphatic rings. The van der Waals surface area contributed by atoms with E-state index in [0.717, 1.165) is 12.8 Å². The standard InChI is InChI=1S/C12H20N2O4/c1-17-9-11(15)14-4-2-3-10(14)12(16)13-5-7-18-8-6-13/h10H,2-9H2,1H3. The SMILES string of the molecule is COCC(=O)N1CCCC1C(=O)N1CCOCC1. The third-order valence-corrected chi connectivity index (χ3v) is 3.45. The maximum Gasteiger partial charge on any atom is 0.249 e. The molecule has 1 atom stereocenters. The van der Waals surface area contributed by atoms with Gasteiger partial charge in [-0.25, -0.2) is 0 Å². The molecule has 0 N–H and O–H groups in total. The molecule has 0 saturated carbocycles. The highest BCUT2D eigenvalue weighted by Gasteiger charge is 2.36. The Morgan fingerprint density at radius 1 is 1.28 bits per heavy atom. The molecule has 0 aromatic heterocycles. The van der Waals surface area contributed by atoms with E-state index < -0.39 is 0 Å². The molecule has 18 heavy (non-hydrogen) atoms. The highest BCUT2D eigenvalue weighted by Crippen LogP contribution is 2.20. The molecule has 102 valence electrons. The highest BCUT2D eigenvalue weighted by atomic mass is 16.5. The number of hydrogen-bond acceptors (Lipinski definition) is 4. The van der Waals surface area contributed by atoms with Gasteiger partial charge < -0.3 is 19.3 Å². The van der Waals surface area contributed by atoms with Crippen molar-refractivity contribution in [3.63, 3.8) is 0 Å². The Bertz CT molecular complexity index is 315. The molecule has 0 bridgehead atoms. The van der Waals surface area contributed by atoms with Gasteiger partial charge in [0, 0.05) is 26.7 Å². The van der Waals surface area contributed by atoms with Crippen molar-refractivity contribution in [2.45, 2.75) is 18.9 Å². The van der Waals surface area contributed by atoms with Crippen LogP contribution in [0.5, 0.6) is 0 Å². The lowest BCUT2D eigenvalue weighted by atomic mass is 10.2. The maximum absolute atomic E-state index is 12.4. The summed E-state index contributed by atoms with van der Waals surface area (Å²) in [5.41, 5.74) is 0. The number of likely N-dealkylation sites (tertiary alicyclic amines) is 1. The van der Waals surface area contributed by atoms with Crippen LogP contribution in [-0.2, 0) is 19.1 Å². The molecular weight excluding hydrogens is 236 g/mol. The summed E-state index contributed by atoms with van der Waals surface area (Å²) in [4.78, 5) is 27.7. The Kier molecular flexibility index (Phi) is 4.54. The van der Waals surface area contributed by atoms with Crippen LogP contribution in [-0.4, -0.2) is 74.2 Å². The Labute approximate surface area is 107 Å². The normalized spacial score (nSPS) is 24.4. The average molecular weight is 256 g/mol. The van der Waals surface area contributed by atoms with E-state index in [-0.39, 0.29) is 24.5 Å². The van der Waals surface area contributed by atoms with Crippen LogP contribution in [0, 0.1) is 0 Å². The van der Waals surface area contributed by atoms with Gasteiger partial charge in [0.05, 0.1) is 13.2 Å². The number of rotatable bonds is 3. The monoisotopic (exact) mass is 256 g/mol. The van der Waals surface area contributed by atoms with Crippen molar-refractivity contribution in [3.8, 4) is 0 Å². The predicted octanol–water partition coefficient (Wildman–Crippen LogP) is -0.517. The van der Waals surface area contributed by atoms with E-state index in [1.165, 1.54) is 7.11 Å². The quantitative estimate of drug-likeness (QED) is 0.682. The first-order valence-corrected chi connectivity index (χ1v) is 6.39. The number of nitrogens with zero attached hydrogens (tertiary/aromatic N) is 2. The van der Waals surface area contributed by atoms with Crippen molar-refractivity contribution < 1.29 is 19.1 Å². The Morgan fingerprint density at radius 3 is 2.67 bits per heavy atom. The van der Waals surface area contributed by atoms with Gasteiger partial charge in [0.15, 0.2) is 0 Å². The Morgan fingerprint density at radius 2 is 2.00 bits per heavy atom. The van der Waals surface area contributed by atoms with Gasteiger partial charge >= 0.3 is 0 Å². The summed E-state index contributed by atoms with van der Waals surface area (Å²) >= 11 is 0. The molecule has 2 amide bonds. The van der Waals surface area contributed by atoms with Gasteiger partial charge in [0.25, 0.3) is 0 Å². The fourth-order valence-corrected chi connectivity index (χ4v) is 2.52. The van der Waals surface area contributed by atoms with E-state index in [1.54, 1.807) is 9.80 Å². The molecule has 0 spiro atoms. The van der Waals surface area contributed by atoms with Gasteiger partial charge in [-0.1, -0.05) is 0 Å². The van der Waals surface area contributed by atoms with Gasteiger partial charge in [-0.2, -0.15) is 0 Å². The number of hydrogen-bond donors (Lipinski definition) is 0. The second kappa shape index (κ2) is 6.15. The number of carbonyl (C=O) groups excluding carboxylic acids is 2. The van der Waals surface area contributed by atoms with Gasteiger partial charge in [0.2, 0.25) is 11.8 Å². The third-order valence-electron chi connectivity index (χ3n) is 3.45. The second-order valence-electron chi connectivity index (χ2n) is 4.62. The van der Waals surface area contributed by atoms with E-state index in [0.29, 0.717) is 32.8 Å². The van der Waals surface area contributed by atoms with E-state index in [9.17, 15) is 9.59 Å². The summed E-state index contributed by atoms with van der Waals surface area (Å²) in [6.07, 6.45) is 1.64. The van der Waals surface area contributed by atoms with Gasteiger partial charge in [0.1, 0.15) is 12.6 Å². The minimum Gasteiger partial charge on any atom is -0.378 e. The molecule has 2 fully saturated rings. The van der Waals surface area contributed by atoms with Crippen LogP contribution in [0.4, 0.5) is 0 Å². The Balaban J connectivity index is 1.97. The first-order chi connectivity index (χ1) is 8.74. The van der Waals surface area contributed by atoms with Crippen molar-refractivity contribution in [1.29, 1.82) is 0 Å². The molecule has 6 nitrogen and oxygen atoms in total. The topological polar surface area (TPSA) is 59.1 Å². The zero-order valence-electron chi connectivity index (χ0n) is 10.8.